The van der Waals surface area contributed by atoms with Crippen LogP contribution in [0.25, 0.3) is 0 Å². The Bertz CT molecular complexity index is 372. The molecule has 0 heterocycles. The molecule has 21 heavy (non-hydrogen) atoms. The third-order valence-electron chi connectivity index (χ3n) is 4.10. The zero-order valence-electron chi connectivity index (χ0n) is 14.2. The zero-order chi connectivity index (χ0) is 15.7. The third kappa shape index (κ3) is 7.08. The van der Waals surface area contributed by atoms with Gasteiger partial charge in [0.05, 0.1) is 0 Å². The molecule has 0 bridgehead atoms. The van der Waals surface area contributed by atoms with Crippen LogP contribution in [-0.4, -0.2) is 6.04 Å². The summed E-state index contributed by atoms with van der Waals surface area (Å²) in [5.41, 5.74) is 1.18. The van der Waals surface area contributed by atoms with Gasteiger partial charge in [-0.3, -0.25) is 0 Å². The molecule has 1 rings (SSSR count). The van der Waals surface area contributed by atoms with E-state index in [-0.39, 0.29) is 5.82 Å². The Balaban J connectivity index is 2.45. The predicted octanol–water partition coefficient (Wildman–Crippen LogP) is 5.86. The summed E-state index contributed by atoms with van der Waals surface area (Å²) in [5, 5.41) is 3.72. The van der Waals surface area contributed by atoms with Crippen LogP contribution in [0.1, 0.15) is 77.8 Å². The summed E-state index contributed by atoms with van der Waals surface area (Å²) < 4.78 is 13.1. The molecule has 1 aromatic rings. The van der Waals surface area contributed by atoms with Gasteiger partial charge in [0, 0.05) is 12.1 Å². The molecule has 0 amide bonds. The van der Waals surface area contributed by atoms with Crippen molar-refractivity contribution in [3.05, 3.63) is 35.6 Å². The molecule has 0 radical (unpaired) electrons. The molecule has 2 unspecified atom stereocenters. The lowest BCUT2D eigenvalue weighted by Crippen LogP contribution is -2.33. The van der Waals surface area contributed by atoms with Crippen molar-refractivity contribution in [2.24, 2.45) is 5.92 Å². The largest absolute Gasteiger partial charge is 0.307 e. The molecule has 0 saturated heterocycles. The van der Waals surface area contributed by atoms with E-state index in [1.807, 2.05) is 12.1 Å². The number of rotatable bonds is 10. The fraction of sp³-hybridized carbons (Fsp3) is 0.684. The van der Waals surface area contributed by atoms with Gasteiger partial charge in [-0.2, -0.15) is 0 Å². The Labute approximate surface area is 130 Å². The van der Waals surface area contributed by atoms with Gasteiger partial charge < -0.3 is 5.32 Å². The first-order chi connectivity index (χ1) is 10.0. The molecule has 0 saturated carbocycles. The summed E-state index contributed by atoms with van der Waals surface area (Å²) >= 11 is 0. The van der Waals surface area contributed by atoms with Gasteiger partial charge in [-0.15, -0.1) is 0 Å². The van der Waals surface area contributed by atoms with Crippen LogP contribution in [-0.2, 0) is 0 Å². The van der Waals surface area contributed by atoms with E-state index in [1.54, 1.807) is 12.1 Å². The van der Waals surface area contributed by atoms with Crippen molar-refractivity contribution in [1.29, 1.82) is 0 Å². The normalized spacial score (nSPS) is 14.4. The SMILES string of the molecule is CCCCCCCC(C)NC(c1ccc(F)cc1)C(C)C. The van der Waals surface area contributed by atoms with Gasteiger partial charge in [-0.25, -0.2) is 4.39 Å². The first-order valence-corrected chi connectivity index (χ1v) is 8.56. The maximum absolute atomic E-state index is 13.1. The number of benzene rings is 1. The average molecular weight is 293 g/mol. The van der Waals surface area contributed by atoms with Gasteiger partial charge in [0.1, 0.15) is 5.82 Å². The molecule has 0 spiro atoms. The van der Waals surface area contributed by atoms with Crippen molar-refractivity contribution < 1.29 is 4.39 Å². The number of hydrogen-bond donors (Lipinski definition) is 1. The Kier molecular flexibility index (Phi) is 8.60. The second-order valence-electron chi connectivity index (χ2n) is 6.54. The summed E-state index contributed by atoms with van der Waals surface area (Å²) in [6, 6.07) is 7.73. The summed E-state index contributed by atoms with van der Waals surface area (Å²) in [6.07, 6.45) is 7.86. The molecule has 2 atom stereocenters. The maximum atomic E-state index is 13.1. The van der Waals surface area contributed by atoms with Gasteiger partial charge in [-0.05, 0) is 37.0 Å². The molecule has 0 fully saturated rings. The molecule has 0 aliphatic carbocycles. The number of nitrogens with one attached hydrogen (secondary N) is 1. The molecule has 120 valence electrons. The Hall–Kier alpha value is -0.890. The summed E-state index contributed by atoms with van der Waals surface area (Å²) in [6.45, 7) is 8.95. The van der Waals surface area contributed by atoms with Gasteiger partial charge in [0.15, 0.2) is 0 Å². The van der Waals surface area contributed by atoms with E-state index >= 15 is 0 Å². The fourth-order valence-electron chi connectivity index (χ4n) is 2.79. The van der Waals surface area contributed by atoms with Crippen molar-refractivity contribution in [2.45, 2.75) is 78.3 Å². The highest BCUT2D eigenvalue weighted by atomic mass is 19.1. The second-order valence-corrected chi connectivity index (χ2v) is 6.54. The number of halogens is 1. The van der Waals surface area contributed by atoms with Gasteiger partial charge in [0.2, 0.25) is 0 Å². The van der Waals surface area contributed by atoms with Crippen LogP contribution in [0.15, 0.2) is 24.3 Å². The standard InChI is InChI=1S/C19H32FN/c1-5-6-7-8-9-10-16(4)21-19(15(2)3)17-11-13-18(20)14-12-17/h11-16,19,21H,5-10H2,1-4H3. The van der Waals surface area contributed by atoms with Crippen LogP contribution in [0.2, 0.25) is 0 Å². The van der Waals surface area contributed by atoms with Crippen LogP contribution < -0.4 is 5.32 Å². The number of hydrogen-bond acceptors (Lipinski definition) is 1. The van der Waals surface area contributed by atoms with Crippen molar-refractivity contribution in [3.8, 4) is 0 Å². The summed E-state index contributed by atoms with van der Waals surface area (Å²) in [7, 11) is 0. The smallest absolute Gasteiger partial charge is 0.123 e. The molecular formula is C19H32FN. The summed E-state index contributed by atoms with van der Waals surface area (Å²) in [5.74, 6) is 0.336. The minimum absolute atomic E-state index is 0.162. The minimum atomic E-state index is -0.162. The lowest BCUT2D eigenvalue weighted by molar-refractivity contribution is 0.353. The molecule has 1 aromatic carbocycles. The molecule has 0 aliphatic heterocycles. The molecule has 0 aliphatic rings. The molecular weight excluding hydrogens is 261 g/mol. The van der Waals surface area contributed by atoms with Crippen LogP contribution in [0.5, 0.6) is 0 Å². The van der Waals surface area contributed by atoms with E-state index in [1.165, 1.54) is 44.1 Å². The number of unbranched alkanes of at least 4 members (excludes halogenated alkanes) is 4. The van der Waals surface area contributed by atoms with Gasteiger partial charge in [0.25, 0.3) is 0 Å². The Morgan fingerprint density at radius 3 is 2.14 bits per heavy atom. The van der Waals surface area contributed by atoms with Crippen LogP contribution in [0.3, 0.4) is 0 Å². The van der Waals surface area contributed by atoms with Crippen LogP contribution in [0.4, 0.5) is 4.39 Å². The van der Waals surface area contributed by atoms with Gasteiger partial charge in [-0.1, -0.05) is 65.0 Å². The molecule has 0 aromatic heterocycles. The minimum Gasteiger partial charge on any atom is -0.307 e. The topological polar surface area (TPSA) is 12.0 Å². The third-order valence-corrected chi connectivity index (χ3v) is 4.10. The lowest BCUT2D eigenvalue weighted by atomic mass is 9.94. The molecule has 2 heteroatoms. The van der Waals surface area contributed by atoms with E-state index in [0.717, 1.165) is 0 Å². The Morgan fingerprint density at radius 1 is 0.952 bits per heavy atom. The highest BCUT2D eigenvalue weighted by Gasteiger charge is 2.17. The van der Waals surface area contributed by atoms with Crippen molar-refractivity contribution in [3.63, 3.8) is 0 Å². The van der Waals surface area contributed by atoms with E-state index in [9.17, 15) is 4.39 Å². The second kappa shape index (κ2) is 9.94. The van der Waals surface area contributed by atoms with Gasteiger partial charge >= 0.3 is 0 Å². The zero-order valence-corrected chi connectivity index (χ0v) is 14.2. The van der Waals surface area contributed by atoms with Crippen LogP contribution >= 0.6 is 0 Å². The lowest BCUT2D eigenvalue weighted by Gasteiger charge is -2.27. The molecule has 1 N–H and O–H groups in total. The van der Waals surface area contributed by atoms with Crippen molar-refractivity contribution >= 4 is 0 Å². The fourth-order valence-corrected chi connectivity index (χ4v) is 2.79. The summed E-state index contributed by atoms with van der Waals surface area (Å²) in [4.78, 5) is 0. The predicted molar refractivity (Wildman–Crippen MR) is 90.0 cm³/mol. The van der Waals surface area contributed by atoms with E-state index < -0.39 is 0 Å². The maximum Gasteiger partial charge on any atom is 0.123 e. The first kappa shape index (κ1) is 18.2. The highest BCUT2D eigenvalue weighted by Crippen LogP contribution is 2.23. The van der Waals surface area contributed by atoms with Crippen molar-refractivity contribution in [2.75, 3.05) is 0 Å². The van der Waals surface area contributed by atoms with Crippen molar-refractivity contribution in [1.82, 2.24) is 5.32 Å². The highest BCUT2D eigenvalue weighted by molar-refractivity contribution is 5.20. The Morgan fingerprint density at radius 2 is 1.57 bits per heavy atom. The monoisotopic (exact) mass is 293 g/mol. The first-order valence-electron chi connectivity index (χ1n) is 8.56. The molecule has 1 nitrogen and oxygen atoms in total. The quantitative estimate of drug-likeness (QED) is 0.533. The van der Waals surface area contributed by atoms with E-state index in [0.29, 0.717) is 18.0 Å². The van der Waals surface area contributed by atoms with E-state index in [2.05, 4.69) is 33.0 Å². The van der Waals surface area contributed by atoms with Crippen LogP contribution in [0, 0.1) is 11.7 Å². The average Bonchev–Trinajstić information content (AvgIpc) is 2.45. The van der Waals surface area contributed by atoms with E-state index in [4.69, 9.17) is 0 Å².